The molecule has 1 heterocycles. The molecule has 0 aromatic heterocycles. The molecule has 0 aromatic carbocycles. The molecule has 442 valence electrons. The molecule has 6 N–H and O–H groups in total. The van der Waals surface area contributed by atoms with Crippen molar-refractivity contribution in [3.8, 4) is 0 Å². The maximum atomic E-state index is 13.1. The highest BCUT2D eigenvalue weighted by Crippen LogP contribution is 2.23. The summed E-state index contributed by atoms with van der Waals surface area (Å²) in [7, 11) is 0. The summed E-state index contributed by atoms with van der Waals surface area (Å²) in [6.07, 6.45) is 80.3. The Labute approximate surface area is 476 Å². The fourth-order valence-corrected chi connectivity index (χ4v) is 8.85. The average molecular weight is 1080 g/mol. The number of carbonyl (C=O) groups is 1. The molecular formula is C69H113NO8. The highest BCUT2D eigenvalue weighted by molar-refractivity contribution is 5.76. The smallest absolute Gasteiger partial charge is 0.220 e. The Balaban J connectivity index is 2.18. The zero-order valence-corrected chi connectivity index (χ0v) is 49.1. The lowest BCUT2D eigenvalue weighted by Crippen LogP contribution is -2.60. The fraction of sp³-hybridized carbons (Fsp3) is 0.638. The van der Waals surface area contributed by atoms with E-state index in [-0.39, 0.29) is 12.5 Å². The van der Waals surface area contributed by atoms with Gasteiger partial charge in [0.05, 0.1) is 25.4 Å². The highest BCUT2D eigenvalue weighted by Gasteiger charge is 2.44. The lowest BCUT2D eigenvalue weighted by atomic mass is 9.99. The van der Waals surface area contributed by atoms with E-state index in [0.717, 1.165) is 128 Å². The van der Waals surface area contributed by atoms with Gasteiger partial charge in [-0.2, -0.15) is 0 Å². The van der Waals surface area contributed by atoms with Crippen molar-refractivity contribution in [1.82, 2.24) is 5.32 Å². The lowest BCUT2D eigenvalue weighted by molar-refractivity contribution is -0.302. The van der Waals surface area contributed by atoms with Gasteiger partial charge in [-0.3, -0.25) is 4.79 Å². The number of hydrogen-bond donors (Lipinski definition) is 6. The number of unbranched alkanes of at least 4 members (excludes halogenated alkanes) is 17. The van der Waals surface area contributed by atoms with Crippen LogP contribution in [-0.4, -0.2) is 87.5 Å². The summed E-state index contributed by atoms with van der Waals surface area (Å²) in [6.45, 7) is 3.70. The molecule has 0 spiro atoms. The first-order chi connectivity index (χ1) is 38.3. The van der Waals surface area contributed by atoms with Gasteiger partial charge in [-0.15, -0.1) is 0 Å². The molecule has 0 bridgehead atoms. The Kier molecular flexibility index (Phi) is 52.1. The molecule has 7 atom stereocenters. The van der Waals surface area contributed by atoms with Gasteiger partial charge in [0, 0.05) is 6.42 Å². The number of allylic oxidation sites excluding steroid dienone is 24. The van der Waals surface area contributed by atoms with E-state index < -0.39 is 49.5 Å². The van der Waals surface area contributed by atoms with Gasteiger partial charge in [-0.25, -0.2) is 0 Å². The molecule has 0 saturated carbocycles. The number of aliphatic hydroxyl groups excluding tert-OH is 5. The van der Waals surface area contributed by atoms with Crippen molar-refractivity contribution < 1.29 is 39.8 Å². The van der Waals surface area contributed by atoms with E-state index in [1.165, 1.54) is 70.6 Å². The van der Waals surface area contributed by atoms with Crippen LogP contribution >= 0.6 is 0 Å². The van der Waals surface area contributed by atoms with Gasteiger partial charge in [0.25, 0.3) is 0 Å². The third-order valence-corrected chi connectivity index (χ3v) is 13.7. The topological polar surface area (TPSA) is 149 Å². The maximum Gasteiger partial charge on any atom is 0.220 e. The predicted molar refractivity (Wildman–Crippen MR) is 331 cm³/mol. The van der Waals surface area contributed by atoms with E-state index in [1.807, 2.05) is 0 Å². The number of hydrogen-bond acceptors (Lipinski definition) is 8. The van der Waals surface area contributed by atoms with Gasteiger partial charge < -0.3 is 40.3 Å². The normalized spacial score (nSPS) is 19.7. The quantitative estimate of drug-likeness (QED) is 0.0261. The maximum absolute atomic E-state index is 13.1. The summed E-state index contributed by atoms with van der Waals surface area (Å²) in [6, 6.07) is -0.743. The van der Waals surface area contributed by atoms with Crippen molar-refractivity contribution in [3.05, 3.63) is 146 Å². The zero-order chi connectivity index (χ0) is 56.5. The first-order valence-corrected chi connectivity index (χ1v) is 31.0. The van der Waals surface area contributed by atoms with Crippen molar-refractivity contribution in [2.24, 2.45) is 0 Å². The number of amides is 1. The Morgan fingerprint density at radius 1 is 0.449 bits per heavy atom. The monoisotopic (exact) mass is 1080 g/mol. The van der Waals surface area contributed by atoms with Crippen LogP contribution in [0.5, 0.6) is 0 Å². The van der Waals surface area contributed by atoms with Crippen LogP contribution in [0, 0.1) is 0 Å². The molecule has 0 aromatic rings. The van der Waals surface area contributed by atoms with Crippen LogP contribution in [0.2, 0.25) is 0 Å². The van der Waals surface area contributed by atoms with Crippen molar-refractivity contribution in [2.45, 2.75) is 269 Å². The van der Waals surface area contributed by atoms with Crippen LogP contribution in [0.4, 0.5) is 0 Å². The van der Waals surface area contributed by atoms with Crippen molar-refractivity contribution in [2.75, 3.05) is 13.2 Å². The number of rotatable bonds is 51. The van der Waals surface area contributed by atoms with Gasteiger partial charge in [-0.1, -0.05) is 262 Å². The minimum atomic E-state index is -1.57. The molecule has 1 aliphatic rings. The Bertz CT molecular complexity index is 1730. The molecule has 1 fully saturated rings. The van der Waals surface area contributed by atoms with E-state index in [1.54, 1.807) is 0 Å². The second-order valence-corrected chi connectivity index (χ2v) is 20.8. The minimum Gasteiger partial charge on any atom is -0.394 e. The lowest BCUT2D eigenvalue weighted by Gasteiger charge is -2.40. The minimum absolute atomic E-state index is 0.157. The second-order valence-electron chi connectivity index (χ2n) is 20.8. The van der Waals surface area contributed by atoms with Gasteiger partial charge in [0.1, 0.15) is 24.4 Å². The Morgan fingerprint density at radius 2 is 0.795 bits per heavy atom. The van der Waals surface area contributed by atoms with Crippen molar-refractivity contribution in [1.29, 1.82) is 0 Å². The van der Waals surface area contributed by atoms with Crippen LogP contribution in [0.1, 0.15) is 226 Å². The third kappa shape index (κ3) is 44.9. The average Bonchev–Trinajstić information content (AvgIpc) is 3.46. The van der Waals surface area contributed by atoms with Crippen molar-refractivity contribution in [3.63, 3.8) is 0 Å². The predicted octanol–water partition coefficient (Wildman–Crippen LogP) is 16.2. The van der Waals surface area contributed by atoms with E-state index >= 15 is 0 Å². The van der Waals surface area contributed by atoms with Gasteiger partial charge >= 0.3 is 0 Å². The summed E-state index contributed by atoms with van der Waals surface area (Å²) < 4.78 is 11.3. The molecule has 0 aliphatic carbocycles. The summed E-state index contributed by atoms with van der Waals surface area (Å²) >= 11 is 0. The van der Waals surface area contributed by atoms with E-state index in [9.17, 15) is 30.3 Å². The van der Waals surface area contributed by atoms with Gasteiger partial charge in [0.15, 0.2) is 6.29 Å². The molecule has 1 saturated heterocycles. The second kappa shape index (κ2) is 56.3. The number of ether oxygens (including phenoxy) is 2. The Hall–Kier alpha value is -3.93. The number of nitrogens with one attached hydrogen (secondary N) is 1. The molecule has 1 aliphatic heterocycles. The van der Waals surface area contributed by atoms with Crippen LogP contribution in [0.25, 0.3) is 0 Å². The van der Waals surface area contributed by atoms with E-state index in [0.29, 0.717) is 12.8 Å². The van der Waals surface area contributed by atoms with Gasteiger partial charge in [0.2, 0.25) is 5.91 Å². The highest BCUT2D eigenvalue weighted by atomic mass is 16.7. The van der Waals surface area contributed by atoms with Crippen LogP contribution in [0.15, 0.2) is 146 Å². The van der Waals surface area contributed by atoms with Crippen LogP contribution < -0.4 is 5.32 Å². The van der Waals surface area contributed by atoms with E-state index in [2.05, 4.69) is 165 Å². The largest absolute Gasteiger partial charge is 0.394 e. The molecular weight excluding hydrogens is 971 g/mol. The van der Waals surface area contributed by atoms with Crippen LogP contribution in [0.3, 0.4) is 0 Å². The SMILES string of the molecule is CC/C=C\C/C=C\C/C=C\C/C=C\C/C=C\C/C=C\C/C=C\C/C=C\C/C=C\C/C=C\C/C=C\C/C=C\CCCCCCC(=O)NC(COC1OC(CO)C(O)C(O)C1O)C(O)CCCCCCCCCCCCCCCC. The van der Waals surface area contributed by atoms with Gasteiger partial charge in [-0.05, 0) is 103 Å². The van der Waals surface area contributed by atoms with Crippen LogP contribution in [-0.2, 0) is 14.3 Å². The summed E-state index contributed by atoms with van der Waals surface area (Å²) in [5.41, 5.74) is 0. The molecule has 9 heteroatoms. The standard InChI is InChI=1S/C69H113NO8/c1-3-5-7-9-11-13-15-17-19-20-21-22-23-24-25-26-27-28-29-30-31-32-33-34-35-36-37-38-39-40-41-42-43-44-45-47-49-51-53-55-57-59-65(73)70-62(61-77-69-68(76)67(75)66(74)64(60-71)78-69)63(72)58-56-54-52-50-48-46-18-16-14-12-10-8-6-4-2/h5,7,11,13,17,19,21-22,24-25,27-28,30-31,33-34,36-37,39-40,42-43,45,47,62-64,66-69,71-72,74-76H,3-4,6,8-10,12,14-16,18,20,23,26,29,32,35,38,41,44,46,48-61H2,1-2H3,(H,70,73)/b7-5-,13-11-,19-17-,22-21-,25-24-,28-27-,31-30-,34-33-,37-36-,40-39-,43-42-,47-45-. The first-order valence-electron chi connectivity index (χ1n) is 31.0. The molecule has 78 heavy (non-hydrogen) atoms. The molecule has 1 rings (SSSR count). The summed E-state index contributed by atoms with van der Waals surface area (Å²) in [5.74, 6) is -0.174. The molecule has 9 nitrogen and oxygen atoms in total. The van der Waals surface area contributed by atoms with E-state index in [4.69, 9.17) is 9.47 Å². The first kappa shape index (κ1) is 72.1. The molecule has 0 radical (unpaired) electrons. The number of aliphatic hydroxyl groups is 5. The fourth-order valence-electron chi connectivity index (χ4n) is 8.85. The molecule has 1 amide bonds. The summed E-state index contributed by atoms with van der Waals surface area (Å²) in [4.78, 5) is 13.1. The Morgan fingerprint density at radius 3 is 1.18 bits per heavy atom. The molecule has 7 unspecified atom stereocenters. The zero-order valence-electron chi connectivity index (χ0n) is 49.1. The number of carbonyl (C=O) groups excluding carboxylic acids is 1. The third-order valence-electron chi connectivity index (χ3n) is 13.7. The summed E-state index contributed by atoms with van der Waals surface area (Å²) in [5, 5.41) is 54.6. The van der Waals surface area contributed by atoms with Crippen molar-refractivity contribution >= 4 is 5.91 Å².